The summed E-state index contributed by atoms with van der Waals surface area (Å²) in [7, 11) is 0. The fraction of sp³-hybridized carbons (Fsp3) is 0.700. The molecule has 0 saturated carbocycles. The van der Waals surface area contributed by atoms with Crippen LogP contribution in [0.5, 0.6) is 0 Å². The third-order valence-corrected chi connectivity index (χ3v) is 6.69. The lowest BCUT2D eigenvalue weighted by molar-refractivity contribution is -0.140. The standard InChI is InChI=1S/C20H31N3OS/c1-17(2)25-14-13-22-11-8-20(9-12-22)7-6-19(24)23(16-20)15-18-5-3-4-10-21-18/h3-5,10,17H,6-9,11-16H2,1-2H3. The Balaban J connectivity index is 1.52. The highest BCUT2D eigenvalue weighted by molar-refractivity contribution is 7.99. The SMILES string of the molecule is CC(C)SCCN1CCC2(CCC(=O)N(Cc3ccccn3)C2)CC1. The van der Waals surface area contributed by atoms with Gasteiger partial charge >= 0.3 is 0 Å². The number of thioether (sulfide) groups is 1. The molecule has 1 amide bonds. The maximum atomic E-state index is 12.4. The summed E-state index contributed by atoms with van der Waals surface area (Å²) in [5.74, 6) is 1.53. The van der Waals surface area contributed by atoms with Crippen molar-refractivity contribution in [3.8, 4) is 0 Å². The number of hydrogen-bond donors (Lipinski definition) is 0. The van der Waals surface area contributed by atoms with E-state index in [4.69, 9.17) is 0 Å². The molecule has 138 valence electrons. The van der Waals surface area contributed by atoms with Gasteiger partial charge in [-0.25, -0.2) is 0 Å². The van der Waals surface area contributed by atoms with Gasteiger partial charge in [0.15, 0.2) is 0 Å². The summed E-state index contributed by atoms with van der Waals surface area (Å²) in [5.41, 5.74) is 1.33. The first kappa shape index (κ1) is 18.7. The first-order chi connectivity index (χ1) is 12.1. The normalized spacial score (nSPS) is 21.2. The molecule has 0 aliphatic carbocycles. The van der Waals surface area contributed by atoms with E-state index in [9.17, 15) is 4.79 Å². The summed E-state index contributed by atoms with van der Waals surface area (Å²) in [6.07, 6.45) is 6.04. The van der Waals surface area contributed by atoms with Crippen LogP contribution in [0.4, 0.5) is 0 Å². The molecule has 1 aromatic rings. The lowest BCUT2D eigenvalue weighted by Crippen LogP contribution is -2.51. The number of likely N-dealkylation sites (tertiary alicyclic amines) is 2. The van der Waals surface area contributed by atoms with E-state index in [-0.39, 0.29) is 0 Å². The summed E-state index contributed by atoms with van der Waals surface area (Å²) >= 11 is 2.05. The lowest BCUT2D eigenvalue weighted by Gasteiger charge is -2.47. The van der Waals surface area contributed by atoms with E-state index in [0.717, 1.165) is 23.9 Å². The Labute approximate surface area is 156 Å². The second-order valence-corrected chi connectivity index (χ2v) is 9.52. The zero-order valence-electron chi connectivity index (χ0n) is 15.6. The zero-order valence-corrected chi connectivity index (χ0v) is 16.4. The molecule has 3 heterocycles. The first-order valence-corrected chi connectivity index (χ1v) is 10.6. The Morgan fingerprint density at radius 3 is 2.72 bits per heavy atom. The minimum absolute atomic E-state index is 0.298. The zero-order chi connectivity index (χ0) is 17.7. The predicted octanol–water partition coefficient (Wildman–Crippen LogP) is 3.43. The van der Waals surface area contributed by atoms with E-state index >= 15 is 0 Å². The molecule has 25 heavy (non-hydrogen) atoms. The van der Waals surface area contributed by atoms with Crippen LogP contribution in [-0.4, -0.2) is 57.9 Å². The fourth-order valence-corrected chi connectivity index (χ4v) is 4.85. The predicted molar refractivity (Wildman–Crippen MR) is 105 cm³/mol. The van der Waals surface area contributed by atoms with E-state index in [1.165, 1.54) is 38.2 Å². The molecule has 1 aromatic heterocycles. The van der Waals surface area contributed by atoms with Crippen LogP contribution in [0.2, 0.25) is 0 Å². The van der Waals surface area contributed by atoms with Crippen LogP contribution in [0.15, 0.2) is 24.4 Å². The van der Waals surface area contributed by atoms with Gasteiger partial charge in [0.2, 0.25) is 5.91 Å². The molecule has 0 unspecified atom stereocenters. The van der Waals surface area contributed by atoms with Gasteiger partial charge in [-0.15, -0.1) is 0 Å². The smallest absolute Gasteiger partial charge is 0.222 e. The molecule has 2 fully saturated rings. The molecular weight excluding hydrogens is 330 g/mol. The van der Waals surface area contributed by atoms with Crippen LogP contribution in [-0.2, 0) is 11.3 Å². The maximum absolute atomic E-state index is 12.4. The van der Waals surface area contributed by atoms with E-state index in [1.807, 2.05) is 24.4 Å². The van der Waals surface area contributed by atoms with Crippen molar-refractivity contribution in [1.29, 1.82) is 0 Å². The minimum atomic E-state index is 0.298. The molecule has 0 bridgehead atoms. The third-order valence-electron chi connectivity index (χ3n) is 5.60. The quantitative estimate of drug-likeness (QED) is 0.778. The van der Waals surface area contributed by atoms with Crippen LogP contribution >= 0.6 is 11.8 Å². The highest BCUT2D eigenvalue weighted by Crippen LogP contribution is 2.40. The van der Waals surface area contributed by atoms with Crippen LogP contribution < -0.4 is 0 Å². The van der Waals surface area contributed by atoms with Gasteiger partial charge in [0, 0.05) is 31.5 Å². The molecule has 0 atom stereocenters. The highest BCUT2D eigenvalue weighted by atomic mass is 32.2. The summed E-state index contributed by atoms with van der Waals surface area (Å²) in [5, 5.41) is 0.723. The van der Waals surface area contributed by atoms with Crippen LogP contribution in [0.1, 0.15) is 45.2 Å². The number of amides is 1. The van der Waals surface area contributed by atoms with Crippen LogP contribution in [0.25, 0.3) is 0 Å². The molecule has 0 radical (unpaired) electrons. The van der Waals surface area contributed by atoms with E-state index in [0.29, 0.717) is 24.3 Å². The number of carbonyl (C=O) groups is 1. The maximum Gasteiger partial charge on any atom is 0.222 e. The minimum Gasteiger partial charge on any atom is -0.336 e. The second-order valence-electron chi connectivity index (χ2n) is 7.83. The van der Waals surface area contributed by atoms with E-state index in [2.05, 4.69) is 40.4 Å². The van der Waals surface area contributed by atoms with Crippen molar-refractivity contribution in [2.24, 2.45) is 5.41 Å². The van der Waals surface area contributed by atoms with Gasteiger partial charge in [-0.05, 0) is 55.1 Å². The van der Waals surface area contributed by atoms with Crippen molar-refractivity contribution in [1.82, 2.24) is 14.8 Å². The van der Waals surface area contributed by atoms with E-state index in [1.54, 1.807) is 0 Å². The Kier molecular flexibility index (Phi) is 6.39. The van der Waals surface area contributed by atoms with Gasteiger partial charge in [-0.3, -0.25) is 9.78 Å². The van der Waals surface area contributed by atoms with Crippen molar-refractivity contribution in [2.45, 2.75) is 51.3 Å². The molecule has 3 rings (SSSR count). The lowest BCUT2D eigenvalue weighted by atomic mass is 9.72. The monoisotopic (exact) mass is 361 g/mol. The third kappa shape index (κ3) is 5.20. The molecular formula is C20H31N3OS. The highest BCUT2D eigenvalue weighted by Gasteiger charge is 2.40. The molecule has 0 N–H and O–H groups in total. The van der Waals surface area contributed by atoms with Gasteiger partial charge < -0.3 is 9.80 Å². The van der Waals surface area contributed by atoms with Gasteiger partial charge in [-0.2, -0.15) is 11.8 Å². The van der Waals surface area contributed by atoms with Crippen molar-refractivity contribution in [3.63, 3.8) is 0 Å². The topological polar surface area (TPSA) is 36.4 Å². The van der Waals surface area contributed by atoms with E-state index < -0.39 is 0 Å². The number of pyridine rings is 1. The molecule has 2 saturated heterocycles. The molecule has 1 spiro atoms. The van der Waals surface area contributed by atoms with Crippen molar-refractivity contribution in [3.05, 3.63) is 30.1 Å². The summed E-state index contributed by atoms with van der Waals surface area (Å²) in [6, 6.07) is 5.94. The second kappa shape index (κ2) is 8.54. The van der Waals surface area contributed by atoms with Gasteiger partial charge in [0.1, 0.15) is 0 Å². The number of carbonyl (C=O) groups excluding carboxylic acids is 1. The largest absolute Gasteiger partial charge is 0.336 e. The average Bonchev–Trinajstić information content (AvgIpc) is 2.61. The average molecular weight is 362 g/mol. The van der Waals surface area contributed by atoms with Gasteiger partial charge in [0.05, 0.1) is 12.2 Å². The number of hydrogen-bond acceptors (Lipinski definition) is 4. The van der Waals surface area contributed by atoms with Gasteiger partial charge in [-0.1, -0.05) is 19.9 Å². The number of piperidine rings is 2. The Morgan fingerprint density at radius 1 is 1.24 bits per heavy atom. The molecule has 0 aromatic carbocycles. The first-order valence-electron chi connectivity index (χ1n) is 9.58. The van der Waals surface area contributed by atoms with Crippen molar-refractivity contribution in [2.75, 3.05) is 31.9 Å². The number of rotatable bonds is 6. The van der Waals surface area contributed by atoms with Crippen LogP contribution in [0.3, 0.4) is 0 Å². The number of nitrogens with zero attached hydrogens (tertiary/aromatic N) is 3. The van der Waals surface area contributed by atoms with Crippen molar-refractivity contribution >= 4 is 17.7 Å². The summed E-state index contributed by atoms with van der Waals surface area (Å²) in [4.78, 5) is 21.4. The molecule has 5 heteroatoms. The van der Waals surface area contributed by atoms with Crippen LogP contribution in [0, 0.1) is 5.41 Å². The summed E-state index contributed by atoms with van der Waals surface area (Å²) < 4.78 is 0. The van der Waals surface area contributed by atoms with Gasteiger partial charge in [0.25, 0.3) is 0 Å². The molecule has 4 nitrogen and oxygen atoms in total. The molecule has 2 aliphatic rings. The fourth-order valence-electron chi connectivity index (χ4n) is 4.01. The molecule has 2 aliphatic heterocycles. The Hall–Kier alpha value is -1.07. The Bertz CT molecular complexity index is 555. The van der Waals surface area contributed by atoms with Crippen molar-refractivity contribution < 1.29 is 4.79 Å². The summed E-state index contributed by atoms with van der Waals surface area (Å²) in [6.45, 7) is 9.69. The Morgan fingerprint density at radius 2 is 2.04 bits per heavy atom. The number of aromatic nitrogens is 1.